The van der Waals surface area contributed by atoms with Crippen molar-refractivity contribution in [2.75, 3.05) is 13.2 Å². The van der Waals surface area contributed by atoms with E-state index in [1.165, 1.54) is 17.7 Å². The van der Waals surface area contributed by atoms with Crippen LogP contribution in [0.1, 0.15) is 83.6 Å². The van der Waals surface area contributed by atoms with Gasteiger partial charge >= 0.3 is 5.97 Å². The maximum Gasteiger partial charge on any atom is 0.306 e. The number of hydrogen-bond donors (Lipinski definition) is 2. The number of aliphatic hydroxyl groups is 1. The van der Waals surface area contributed by atoms with Gasteiger partial charge in [0.15, 0.2) is 12.4 Å². The van der Waals surface area contributed by atoms with Crippen LogP contribution in [0, 0.1) is 34.4 Å². The van der Waals surface area contributed by atoms with Gasteiger partial charge in [-0.1, -0.05) is 31.6 Å². The number of carbonyl (C=O) groups is 4. The number of rotatable bonds is 9. The number of ketones is 2. The van der Waals surface area contributed by atoms with Gasteiger partial charge in [0, 0.05) is 24.8 Å². The van der Waals surface area contributed by atoms with E-state index in [2.05, 4.69) is 12.2 Å². The maximum absolute atomic E-state index is 13.4. The van der Waals surface area contributed by atoms with Gasteiger partial charge in [-0.15, -0.1) is 0 Å². The second kappa shape index (κ2) is 11.4. The number of hydrogen-bond acceptors (Lipinski definition) is 6. The summed E-state index contributed by atoms with van der Waals surface area (Å²) in [5.74, 6) is -0.437. The van der Waals surface area contributed by atoms with Crippen LogP contribution in [0.15, 0.2) is 35.9 Å². The number of carbonyl (C=O) groups excluding carboxylic acids is 4. The molecule has 0 bridgehead atoms. The molecule has 1 aromatic rings. The van der Waals surface area contributed by atoms with Gasteiger partial charge in [-0.3, -0.25) is 19.2 Å². The van der Waals surface area contributed by atoms with Gasteiger partial charge in [0.1, 0.15) is 11.4 Å². The number of nitrogens with one attached hydrogen (secondary N) is 1. The minimum absolute atomic E-state index is 0.0195. The van der Waals surface area contributed by atoms with Crippen LogP contribution in [0.3, 0.4) is 0 Å². The van der Waals surface area contributed by atoms with Crippen LogP contribution in [0.5, 0.6) is 0 Å². The molecule has 0 unspecified atom stereocenters. The monoisotopic (exact) mass is 567 g/mol. The van der Waals surface area contributed by atoms with Gasteiger partial charge in [0.2, 0.25) is 11.7 Å². The predicted octanol–water partition coefficient (Wildman–Crippen LogP) is 4.64. The Bertz CT molecular complexity index is 1240. The molecular formula is C33H42FNO6. The predicted molar refractivity (Wildman–Crippen MR) is 150 cm³/mol. The number of amides is 1. The molecule has 3 fully saturated rings. The standard InChI is InChI=1S/C33H42FNO6/c1-31-15-11-24(36)19-22(31)5-8-25-26(31)12-16-32(2)27(25)13-17-33(32,40)28(37)20-41-30(39)10-9-29(38)35-18-14-21-3-6-23(34)7-4-21/h3-4,6-7,19,25-27,40H,5,8-18,20H2,1-2H3,(H,35,38)/t25-,26-,27-,31-,32+,33-/m0/s1. The van der Waals surface area contributed by atoms with Crippen LogP contribution in [0.2, 0.25) is 0 Å². The number of esters is 1. The minimum atomic E-state index is -1.54. The van der Waals surface area contributed by atoms with Crippen LogP contribution >= 0.6 is 0 Å². The van der Waals surface area contributed by atoms with E-state index in [0.717, 1.165) is 44.1 Å². The van der Waals surface area contributed by atoms with Crippen molar-refractivity contribution in [3.05, 3.63) is 47.3 Å². The van der Waals surface area contributed by atoms with Crippen molar-refractivity contribution in [1.29, 1.82) is 0 Å². The highest BCUT2D eigenvalue weighted by Crippen LogP contribution is 2.67. The third kappa shape index (κ3) is 5.52. The zero-order valence-electron chi connectivity index (χ0n) is 24.2. The minimum Gasteiger partial charge on any atom is -0.458 e. The fourth-order valence-corrected chi connectivity index (χ4v) is 8.67. The largest absolute Gasteiger partial charge is 0.458 e. The number of Topliss-reactive ketones (excluding diaryl/α,β-unsaturated/α-hetero) is 1. The van der Waals surface area contributed by atoms with Crippen molar-refractivity contribution in [2.24, 2.45) is 28.6 Å². The molecule has 3 saturated carbocycles. The van der Waals surface area contributed by atoms with E-state index in [4.69, 9.17) is 4.74 Å². The molecule has 5 rings (SSSR count). The van der Waals surface area contributed by atoms with E-state index in [0.29, 0.717) is 37.6 Å². The third-order valence-corrected chi connectivity index (χ3v) is 11.1. The number of allylic oxidation sites excluding steroid dienone is 1. The first-order chi connectivity index (χ1) is 19.5. The quantitative estimate of drug-likeness (QED) is 0.421. The molecule has 0 saturated heterocycles. The van der Waals surface area contributed by atoms with Crippen LogP contribution in [-0.4, -0.2) is 47.3 Å². The molecular weight excluding hydrogens is 525 g/mol. The number of fused-ring (bicyclic) bond motifs is 5. The first kappa shape index (κ1) is 29.6. The molecule has 0 spiro atoms. The molecule has 0 heterocycles. The highest BCUT2D eigenvalue weighted by Gasteiger charge is 2.66. The van der Waals surface area contributed by atoms with E-state index in [-0.39, 0.29) is 41.7 Å². The molecule has 0 radical (unpaired) electrons. The Kier molecular flexibility index (Phi) is 8.25. The fraction of sp³-hybridized carbons (Fsp3) is 0.636. The summed E-state index contributed by atoms with van der Waals surface area (Å²) in [5, 5.41) is 14.5. The van der Waals surface area contributed by atoms with Crippen LogP contribution in [0.4, 0.5) is 4.39 Å². The third-order valence-electron chi connectivity index (χ3n) is 11.1. The molecule has 7 nitrogen and oxygen atoms in total. The number of halogens is 1. The van der Waals surface area contributed by atoms with E-state index in [9.17, 15) is 28.7 Å². The molecule has 2 N–H and O–H groups in total. The summed E-state index contributed by atoms with van der Waals surface area (Å²) >= 11 is 0. The lowest BCUT2D eigenvalue weighted by atomic mass is 9.46. The van der Waals surface area contributed by atoms with E-state index < -0.39 is 29.4 Å². The average Bonchev–Trinajstić information content (AvgIpc) is 3.23. The average molecular weight is 568 g/mol. The maximum atomic E-state index is 13.4. The Hall–Kier alpha value is -2.87. The number of benzene rings is 1. The van der Waals surface area contributed by atoms with Crippen LogP contribution in [0.25, 0.3) is 0 Å². The molecule has 1 amide bonds. The lowest BCUT2D eigenvalue weighted by molar-refractivity contribution is -0.170. The summed E-state index contributed by atoms with van der Waals surface area (Å²) < 4.78 is 18.2. The van der Waals surface area contributed by atoms with Crippen molar-refractivity contribution >= 4 is 23.4 Å². The van der Waals surface area contributed by atoms with Crippen LogP contribution < -0.4 is 5.32 Å². The zero-order chi connectivity index (χ0) is 29.4. The lowest BCUT2D eigenvalue weighted by Crippen LogP contribution is -2.58. The summed E-state index contributed by atoms with van der Waals surface area (Å²) in [6, 6.07) is 6.05. The molecule has 0 aliphatic heterocycles. The summed E-state index contributed by atoms with van der Waals surface area (Å²) in [5.41, 5.74) is 0.0794. The first-order valence-electron chi connectivity index (χ1n) is 15.1. The molecule has 41 heavy (non-hydrogen) atoms. The molecule has 6 atom stereocenters. The zero-order valence-corrected chi connectivity index (χ0v) is 24.2. The van der Waals surface area contributed by atoms with Crippen molar-refractivity contribution in [3.63, 3.8) is 0 Å². The second-order valence-electron chi connectivity index (χ2n) is 13.1. The highest BCUT2D eigenvalue weighted by molar-refractivity contribution is 5.92. The fourth-order valence-electron chi connectivity index (χ4n) is 8.67. The molecule has 222 valence electrons. The Morgan fingerprint density at radius 2 is 1.73 bits per heavy atom. The Balaban J connectivity index is 1.11. The topological polar surface area (TPSA) is 110 Å². The highest BCUT2D eigenvalue weighted by atomic mass is 19.1. The molecule has 8 heteroatoms. The van der Waals surface area contributed by atoms with E-state index in [1.54, 1.807) is 12.1 Å². The van der Waals surface area contributed by atoms with Gasteiger partial charge in [0.25, 0.3) is 0 Å². The molecule has 1 aromatic carbocycles. The molecule has 0 aromatic heterocycles. The summed E-state index contributed by atoms with van der Waals surface area (Å²) in [6.45, 7) is 4.21. The number of ether oxygens (including phenoxy) is 1. The van der Waals surface area contributed by atoms with Gasteiger partial charge in [0.05, 0.1) is 6.42 Å². The van der Waals surface area contributed by atoms with Crippen LogP contribution in [-0.2, 0) is 30.3 Å². The smallest absolute Gasteiger partial charge is 0.306 e. The summed E-state index contributed by atoms with van der Waals surface area (Å²) in [7, 11) is 0. The van der Waals surface area contributed by atoms with Gasteiger partial charge in [-0.25, -0.2) is 4.39 Å². The Morgan fingerprint density at radius 3 is 2.49 bits per heavy atom. The normalized spacial score (nSPS) is 34.1. The van der Waals surface area contributed by atoms with Gasteiger partial charge < -0.3 is 15.2 Å². The summed E-state index contributed by atoms with van der Waals surface area (Å²) in [6.07, 6.45) is 8.32. The van der Waals surface area contributed by atoms with E-state index in [1.807, 2.05) is 13.0 Å². The van der Waals surface area contributed by atoms with Crippen molar-refractivity contribution in [3.8, 4) is 0 Å². The second-order valence-corrected chi connectivity index (χ2v) is 13.1. The molecule has 4 aliphatic rings. The van der Waals surface area contributed by atoms with Crippen molar-refractivity contribution in [1.82, 2.24) is 5.32 Å². The first-order valence-corrected chi connectivity index (χ1v) is 15.1. The Morgan fingerprint density at radius 1 is 1.00 bits per heavy atom. The van der Waals surface area contributed by atoms with Gasteiger partial charge in [-0.2, -0.15) is 0 Å². The van der Waals surface area contributed by atoms with E-state index >= 15 is 0 Å². The van der Waals surface area contributed by atoms with Crippen molar-refractivity contribution < 1.29 is 33.4 Å². The molecule has 4 aliphatic carbocycles. The Labute approximate surface area is 241 Å². The SMILES string of the molecule is C[C@]12CCC(=O)C=C1CC[C@H]1[C@@H]2CC[C@]2(C)[C@H]1CC[C@]2(O)C(=O)COC(=O)CCC(=O)NCCc1ccc(F)cc1. The van der Waals surface area contributed by atoms with Crippen molar-refractivity contribution in [2.45, 2.75) is 90.1 Å². The van der Waals surface area contributed by atoms with Gasteiger partial charge in [-0.05, 0) is 98.3 Å². The summed E-state index contributed by atoms with van der Waals surface area (Å²) in [4.78, 5) is 49.9. The lowest BCUT2D eigenvalue weighted by Gasteiger charge is -2.58.